The van der Waals surface area contributed by atoms with Crippen molar-refractivity contribution in [3.8, 4) is 22.8 Å². The van der Waals surface area contributed by atoms with Crippen LogP contribution in [0.15, 0.2) is 57.9 Å². The highest BCUT2D eigenvalue weighted by molar-refractivity contribution is 8.18. The van der Waals surface area contributed by atoms with Crippen LogP contribution in [0.3, 0.4) is 0 Å². The number of amides is 3. The van der Waals surface area contributed by atoms with Gasteiger partial charge in [0.2, 0.25) is 5.91 Å². The van der Waals surface area contributed by atoms with Crippen molar-refractivity contribution in [3.05, 3.63) is 74.3 Å². The number of non-ortho nitro benzene ring substituents is 1. The number of halogens is 1. The van der Waals surface area contributed by atoms with Gasteiger partial charge in [-0.05, 0) is 42.1 Å². The van der Waals surface area contributed by atoms with Crippen LogP contribution in [0.1, 0.15) is 5.76 Å². The summed E-state index contributed by atoms with van der Waals surface area (Å²) in [7, 11) is 0. The number of ether oxygens (including phenoxy) is 2. The molecular formula is C24H16ClN3O8S. The second-order valence-corrected chi connectivity index (χ2v) is 9.20. The lowest BCUT2D eigenvalue weighted by molar-refractivity contribution is -0.384. The third-order valence-corrected chi connectivity index (χ3v) is 6.56. The molecule has 5 rings (SSSR count). The smallest absolute Gasteiger partial charge is 0.294 e. The average Bonchev–Trinajstić information content (AvgIpc) is 3.44. The van der Waals surface area contributed by atoms with Crippen molar-refractivity contribution >= 4 is 57.9 Å². The van der Waals surface area contributed by atoms with Crippen molar-refractivity contribution < 1.29 is 33.2 Å². The van der Waals surface area contributed by atoms with Crippen LogP contribution in [0.2, 0.25) is 5.02 Å². The molecule has 3 amide bonds. The monoisotopic (exact) mass is 541 g/mol. The molecule has 0 bridgehead atoms. The van der Waals surface area contributed by atoms with Crippen molar-refractivity contribution in [2.45, 2.75) is 0 Å². The number of furan rings is 1. The Morgan fingerprint density at radius 1 is 1.11 bits per heavy atom. The molecule has 1 saturated heterocycles. The van der Waals surface area contributed by atoms with E-state index in [2.05, 4.69) is 5.32 Å². The Hall–Kier alpha value is -4.29. The zero-order valence-electron chi connectivity index (χ0n) is 18.8. The first-order valence-corrected chi connectivity index (χ1v) is 12.0. The van der Waals surface area contributed by atoms with E-state index in [4.69, 9.17) is 25.5 Å². The number of nitro groups is 1. The number of thioether (sulfide) groups is 1. The zero-order chi connectivity index (χ0) is 26.1. The largest absolute Gasteiger partial charge is 0.486 e. The Balaban J connectivity index is 1.27. The number of fused-ring (bicyclic) bond motifs is 1. The van der Waals surface area contributed by atoms with Crippen LogP contribution in [0, 0.1) is 10.1 Å². The number of nitrogens with zero attached hydrogens (tertiary/aromatic N) is 2. The number of rotatable bonds is 6. The summed E-state index contributed by atoms with van der Waals surface area (Å²) in [5.74, 6) is 0.304. The third-order valence-electron chi connectivity index (χ3n) is 5.33. The first-order chi connectivity index (χ1) is 17.8. The van der Waals surface area contributed by atoms with Gasteiger partial charge in [0, 0.05) is 35.5 Å². The van der Waals surface area contributed by atoms with Crippen molar-refractivity contribution in [3.63, 3.8) is 0 Å². The minimum absolute atomic E-state index is 0.0585. The standard InChI is InChI=1S/C24H16ClN3O8S/c25-17-4-2-14(28(32)33)10-16(17)18-6-3-15(36-18)11-21-23(30)27(24(31)37-21)12-22(29)26-13-1-5-19-20(9-13)35-8-7-34-19/h1-6,9-11H,7-8,12H2,(H,26,29)/b21-11+. The number of hydrogen-bond acceptors (Lipinski definition) is 9. The van der Waals surface area contributed by atoms with E-state index in [-0.39, 0.29) is 27.1 Å². The fourth-order valence-electron chi connectivity index (χ4n) is 3.62. The highest BCUT2D eigenvalue weighted by Crippen LogP contribution is 2.36. The Labute approximate surface area is 218 Å². The first-order valence-electron chi connectivity index (χ1n) is 10.8. The SMILES string of the molecule is O=C(CN1C(=O)S/C(=C/c2ccc(-c3cc([N+](=O)[O-])ccc3Cl)o2)C1=O)Nc1ccc2c(c1)OCCO2. The molecule has 0 aliphatic carbocycles. The van der Waals surface area contributed by atoms with E-state index in [1.807, 2.05) is 0 Å². The quantitative estimate of drug-likeness (QED) is 0.260. The van der Waals surface area contributed by atoms with Gasteiger partial charge in [0.15, 0.2) is 11.5 Å². The second kappa shape index (κ2) is 9.99. The summed E-state index contributed by atoms with van der Waals surface area (Å²) in [4.78, 5) is 49.2. The maximum Gasteiger partial charge on any atom is 0.294 e. The molecule has 2 aliphatic heterocycles. The van der Waals surface area contributed by atoms with Crippen LogP contribution in [-0.4, -0.2) is 46.6 Å². The number of anilines is 1. The number of carbonyl (C=O) groups is 3. The minimum atomic E-state index is -0.654. The zero-order valence-corrected chi connectivity index (χ0v) is 20.3. The topological polar surface area (TPSA) is 141 Å². The van der Waals surface area contributed by atoms with E-state index in [1.165, 1.54) is 30.3 Å². The summed E-state index contributed by atoms with van der Waals surface area (Å²) in [5.41, 5.74) is 0.576. The number of benzene rings is 2. The molecule has 11 nitrogen and oxygen atoms in total. The molecule has 0 unspecified atom stereocenters. The summed E-state index contributed by atoms with van der Waals surface area (Å²) in [6.45, 7) is 0.347. The van der Waals surface area contributed by atoms with Crippen LogP contribution < -0.4 is 14.8 Å². The van der Waals surface area contributed by atoms with Crippen LogP contribution in [0.4, 0.5) is 16.2 Å². The van der Waals surface area contributed by atoms with E-state index in [1.54, 1.807) is 24.3 Å². The molecule has 0 radical (unpaired) electrons. The molecule has 0 spiro atoms. The lowest BCUT2D eigenvalue weighted by Gasteiger charge is -2.19. The summed E-state index contributed by atoms with van der Waals surface area (Å²) in [6, 6.07) is 11.9. The predicted molar refractivity (Wildman–Crippen MR) is 135 cm³/mol. The maximum absolute atomic E-state index is 12.8. The molecule has 0 atom stereocenters. The normalized spacial score (nSPS) is 15.8. The lowest BCUT2D eigenvalue weighted by atomic mass is 10.1. The van der Waals surface area contributed by atoms with Crippen LogP contribution in [0.25, 0.3) is 17.4 Å². The summed E-state index contributed by atoms with van der Waals surface area (Å²) in [5, 5.41) is 13.3. The first kappa shape index (κ1) is 24.4. The van der Waals surface area contributed by atoms with E-state index in [9.17, 15) is 24.5 Å². The van der Waals surface area contributed by atoms with Crippen molar-refractivity contribution in [2.75, 3.05) is 25.1 Å². The molecule has 0 saturated carbocycles. The highest BCUT2D eigenvalue weighted by atomic mass is 35.5. The van der Waals surface area contributed by atoms with Gasteiger partial charge < -0.3 is 19.2 Å². The second-order valence-electron chi connectivity index (χ2n) is 7.80. The van der Waals surface area contributed by atoms with Gasteiger partial charge in [-0.3, -0.25) is 29.4 Å². The van der Waals surface area contributed by atoms with Gasteiger partial charge in [0.1, 0.15) is 31.3 Å². The van der Waals surface area contributed by atoms with E-state index < -0.39 is 28.5 Å². The number of nitro benzene ring substituents is 1. The Bertz CT molecular complexity index is 1480. The fourth-order valence-corrected chi connectivity index (χ4v) is 4.65. The molecule has 2 aliphatic rings. The van der Waals surface area contributed by atoms with E-state index in [0.29, 0.717) is 47.7 Å². The van der Waals surface area contributed by atoms with Crippen LogP contribution in [0.5, 0.6) is 11.5 Å². The molecule has 1 fully saturated rings. The Kier molecular flexibility index (Phi) is 6.59. The number of hydrogen-bond donors (Lipinski definition) is 1. The molecule has 1 N–H and O–H groups in total. The highest BCUT2D eigenvalue weighted by Gasteiger charge is 2.36. The van der Waals surface area contributed by atoms with Gasteiger partial charge >= 0.3 is 0 Å². The Morgan fingerprint density at radius 2 is 1.89 bits per heavy atom. The maximum atomic E-state index is 12.8. The number of imide groups is 1. The minimum Gasteiger partial charge on any atom is -0.486 e. The lowest BCUT2D eigenvalue weighted by Crippen LogP contribution is -2.36. The van der Waals surface area contributed by atoms with Crippen molar-refractivity contribution in [2.24, 2.45) is 0 Å². The van der Waals surface area contributed by atoms with Gasteiger partial charge in [-0.15, -0.1) is 0 Å². The molecule has 3 aromatic rings. The summed E-state index contributed by atoms with van der Waals surface area (Å²) < 4.78 is 16.6. The van der Waals surface area contributed by atoms with Crippen molar-refractivity contribution in [1.29, 1.82) is 0 Å². The Morgan fingerprint density at radius 3 is 2.68 bits per heavy atom. The molecular weight excluding hydrogens is 526 g/mol. The van der Waals surface area contributed by atoms with Crippen molar-refractivity contribution in [1.82, 2.24) is 4.90 Å². The van der Waals surface area contributed by atoms with Gasteiger partial charge in [-0.25, -0.2) is 0 Å². The molecule has 37 heavy (non-hydrogen) atoms. The molecule has 3 heterocycles. The molecule has 2 aromatic carbocycles. The average molecular weight is 542 g/mol. The van der Waals surface area contributed by atoms with E-state index >= 15 is 0 Å². The van der Waals surface area contributed by atoms with Gasteiger partial charge in [0.25, 0.3) is 16.8 Å². The third kappa shape index (κ3) is 5.15. The van der Waals surface area contributed by atoms with Gasteiger partial charge in [-0.1, -0.05) is 11.6 Å². The molecule has 1 aromatic heterocycles. The van der Waals surface area contributed by atoms with E-state index in [0.717, 1.165) is 4.90 Å². The van der Waals surface area contributed by atoms with Gasteiger partial charge in [0.05, 0.1) is 14.9 Å². The predicted octanol–water partition coefficient (Wildman–Crippen LogP) is 4.95. The summed E-state index contributed by atoms with van der Waals surface area (Å²) >= 11 is 6.82. The van der Waals surface area contributed by atoms with Gasteiger partial charge in [-0.2, -0.15) is 0 Å². The molecule has 13 heteroatoms. The number of carbonyl (C=O) groups excluding carboxylic acids is 3. The fraction of sp³-hybridized carbons (Fsp3) is 0.125. The van der Waals surface area contributed by atoms with Crippen LogP contribution >= 0.6 is 23.4 Å². The van der Waals surface area contributed by atoms with Crippen LogP contribution in [-0.2, 0) is 9.59 Å². The number of nitrogens with one attached hydrogen (secondary N) is 1. The summed E-state index contributed by atoms with van der Waals surface area (Å²) in [6.07, 6.45) is 1.36. The molecule has 188 valence electrons.